The second kappa shape index (κ2) is 8.99. The summed E-state index contributed by atoms with van der Waals surface area (Å²) < 4.78 is 27.6. The van der Waals surface area contributed by atoms with Crippen LogP contribution in [0, 0.1) is 0 Å². The third-order valence-corrected chi connectivity index (χ3v) is 6.31. The number of hydrogen-bond acceptors (Lipinski definition) is 4. The Hall–Kier alpha value is -2.68. The molecule has 0 unspecified atom stereocenters. The van der Waals surface area contributed by atoms with E-state index in [1.54, 1.807) is 35.1 Å². The van der Waals surface area contributed by atoms with Gasteiger partial charge in [0.2, 0.25) is 10.0 Å². The molecule has 2 aromatic carbocycles. The van der Waals surface area contributed by atoms with Gasteiger partial charge in [-0.3, -0.25) is 4.79 Å². The molecule has 0 spiro atoms. The quantitative estimate of drug-likeness (QED) is 0.581. The van der Waals surface area contributed by atoms with Gasteiger partial charge in [0, 0.05) is 11.6 Å². The SMILES string of the molecule is CNS(=O)(=O)c1ccc(CNC(=O)c2cnn(-c3ccc(Cl)cc3)c2C(C)C)cc1. The number of benzene rings is 2. The first-order chi connectivity index (χ1) is 14.2. The molecule has 0 aliphatic rings. The number of nitrogens with zero attached hydrogens (tertiary/aromatic N) is 2. The minimum atomic E-state index is -3.49. The highest BCUT2D eigenvalue weighted by molar-refractivity contribution is 7.89. The fourth-order valence-electron chi connectivity index (χ4n) is 3.06. The fourth-order valence-corrected chi connectivity index (χ4v) is 3.91. The number of hydrogen-bond donors (Lipinski definition) is 2. The molecule has 0 saturated heterocycles. The Bertz CT molecular complexity index is 1140. The van der Waals surface area contributed by atoms with Gasteiger partial charge in [-0.15, -0.1) is 0 Å². The predicted molar refractivity (Wildman–Crippen MR) is 117 cm³/mol. The van der Waals surface area contributed by atoms with Crippen LogP contribution in [0.3, 0.4) is 0 Å². The van der Waals surface area contributed by atoms with E-state index >= 15 is 0 Å². The Labute approximate surface area is 181 Å². The molecule has 0 aliphatic heterocycles. The van der Waals surface area contributed by atoms with E-state index in [9.17, 15) is 13.2 Å². The molecule has 0 fully saturated rings. The van der Waals surface area contributed by atoms with Gasteiger partial charge < -0.3 is 5.32 Å². The van der Waals surface area contributed by atoms with E-state index in [-0.39, 0.29) is 23.3 Å². The van der Waals surface area contributed by atoms with Gasteiger partial charge >= 0.3 is 0 Å². The summed E-state index contributed by atoms with van der Waals surface area (Å²) in [4.78, 5) is 13.0. The first-order valence-corrected chi connectivity index (χ1v) is 11.2. The second-order valence-corrected chi connectivity index (χ2v) is 9.34. The third-order valence-electron chi connectivity index (χ3n) is 4.62. The number of nitrogens with one attached hydrogen (secondary N) is 2. The van der Waals surface area contributed by atoms with E-state index in [4.69, 9.17) is 11.6 Å². The van der Waals surface area contributed by atoms with Crippen LogP contribution < -0.4 is 10.0 Å². The lowest BCUT2D eigenvalue weighted by atomic mass is 10.0. The summed E-state index contributed by atoms with van der Waals surface area (Å²) in [7, 11) is -2.13. The molecule has 0 bridgehead atoms. The zero-order valence-electron chi connectivity index (χ0n) is 16.9. The lowest BCUT2D eigenvalue weighted by molar-refractivity contribution is 0.0949. The minimum absolute atomic E-state index is 0.0648. The van der Waals surface area contributed by atoms with Crippen molar-refractivity contribution in [1.29, 1.82) is 0 Å². The van der Waals surface area contributed by atoms with Crippen molar-refractivity contribution in [2.45, 2.75) is 31.2 Å². The van der Waals surface area contributed by atoms with Crippen molar-refractivity contribution in [3.8, 4) is 5.69 Å². The number of carbonyl (C=O) groups excluding carboxylic acids is 1. The topological polar surface area (TPSA) is 93.1 Å². The number of rotatable bonds is 7. The van der Waals surface area contributed by atoms with Crippen LogP contribution in [0.5, 0.6) is 0 Å². The lowest BCUT2D eigenvalue weighted by Crippen LogP contribution is -2.24. The molecule has 30 heavy (non-hydrogen) atoms. The van der Waals surface area contributed by atoms with E-state index in [0.717, 1.165) is 16.9 Å². The molecular formula is C21H23ClN4O3S. The number of halogens is 1. The largest absolute Gasteiger partial charge is 0.348 e. The van der Waals surface area contributed by atoms with E-state index in [1.807, 2.05) is 26.0 Å². The Balaban J connectivity index is 1.78. The van der Waals surface area contributed by atoms with E-state index < -0.39 is 10.0 Å². The van der Waals surface area contributed by atoms with Gasteiger partial charge in [-0.1, -0.05) is 37.6 Å². The molecule has 0 saturated carbocycles. The van der Waals surface area contributed by atoms with Crippen LogP contribution >= 0.6 is 11.6 Å². The first kappa shape index (κ1) is 22.0. The molecule has 1 heterocycles. The zero-order valence-corrected chi connectivity index (χ0v) is 18.5. The van der Waals surface area contributed by atoms with Gasteiger partial charge in [0.25, 0.3) is 5.91 Å². The van der Waals surface area contributed by atoms with Gasteiger partial charge in [0.1, 0.15) is 0 Å². The maximum Gasteiger partial charge on any atom is 0.255 e. The number of amides is 1. The Morgan fingerprint density at radius 2 is 1.73 bits per heavy atom. The number of carbonyl (C=O) groups is 1. The van der Waals surface area contributed by atoms with Crippen molar-refractivity contribution in [3.05, 3.63) is 76.6 Å². The second-order valence-electron chi connectivity index (χ2n) is 7.02. The van der Waals surface area contributed by atoms with E-state index in [1.165, 1.54) is 19.2 Å². The third kappa shape index (κ3) is 4.72. The van der Waals surface area contributed by atoms with Gasteiger partial charge in [-0.25, -0.2) is 17.8 Å². The van der Waals surface area contributed by atoms with Crippen molar-refractivity contribution >= 4 is 27.5 Å². The van der Waals surface area contributed by atoms with Crippen LogP contribution in [0.2, 0.25) is 5.02 Å². The molecule has 0 radical (unpaired) electrons. The van der Waals surface area contributed by atoms with Gasteiger partial charge in [-0.2, -0.15) is 5.10 Å². The summed E-state index contributed by atoms with van der Waals surface area (Å²) in [5.41, 5.74) is 2.90. The number of aromatic nitrogens is 2. The van der Waals surface area contributed by atoms with Gasteiger partial charge in [-0.05, 0) is 54.9 Å². The maximum absolute atomic E-state index is 12.8. The van der Waals surface area contributed by atoms with Gasteiger partial charge in [0.15, 0.2) is 0 Å². The van der Waals surface area contributed by atoms with Crippen molar-refractivity contribution in [1.82, 2.24) is 19.8 Å². The van der Waals surface area contributed by atoms with Crippen molar-refractivity contribution in [3.63, 3.8) is 0 Å². The highest BCUT2D eigenvalue weighted by Crippen LogP contribution is 2.24. The first-order valence-electron chi connectivity index (χ1n) is 9.37. The lowest BCUT2D eigenvalue weighted by Gasteiger charge is -2.13. The molecule has 1 amide bonds. The molecule has 3 aromatic rings. The monoisotopic (exact) mass is 446 g/mol. The summed E-state index contributed by atoms with van der Waals surface area (Å²) in [5.74, 6) is -0.180. The molecule has 7 nitrogen and oxygen atoms in total. The number of sulfonamides is 1. The van der Waals surface area contributed by atoms with E-state index in [0.29, 0.717) is 10.6 Å². The molecule has 2 N–H and O–H groups in total. The normalized spacial score (nSPS) is 11.6. The predicted octanol–water partition coefficient (Wildman–Crippen LogP) is 3.49. The molecule has 0 aliphatic carbocycles. The highest BCUT2D eigenvalue weighted by Gasteiger charge is 2.21. The van der Waals surface area contributed by atoms with Crippen molar-refractivity contribution in [2.24, 2.45) is 0 Å². The average Bonchev–Trinajstić information content (AvgIpc) is 3.18. The zero-order chi connectivity index (χ0) is 21.9. The van der Waals surface area contributed by atoms with Crippen molar-refractivity contribution in [2.75, 3.05) is 7.05 Å². The van der Waals surface area contributed by atoms with Gasteiger partial charge in [0.05, 0.1) is 28.0 Å². The minimum Gasteiger partial charge on any atom is -0.348 e. The molecule has 0 atom stereocenters. The highest BCUT2D eigenvalue weighted by atomic mass is 35.5. The molecule has 1 aromatic heterocycles. The summed E-state index contributed by atoms with van der Waals surface area (Å²) in [6.07, 6.45) is 1.56. The molecule has 158 valence electrons. The maximum atomic E-state index is 12.8. The van der Waals surface area contributed by atoms with E-state index in [2.05, 4.69) is 15.1 Å². The van der Waals surface area contributed by atoms with Crippen LogP contribution in [0.4, 0.5) is 0 Å². The molecule has 9 heteroatoms. The summed E-state index contributed by atoms with van der Waals surface area (Å²) >= 11 is 5.97. The Morgan fingerprint density at radius 1 is 1.10 bits per heavy atom. The fraction of sp³-hybridized carbons (Fsp3) is 0.238. The molecular weight excluding hydrogens is 424 g/mol. The Morgan fingerprint density at radius 3 is 2.30 bits per heavy atom. The van der Waals surface area contributed by atoms with Crippen LogP contribution in [-0.2, 0) is 16.6 Å². The van der Waals surface area contributed by atoms with Crippen LogP contribution in [0.1, 0.15) is 41.4 Å². The summed E-state index contributed by atoms with van der Waals surface area (Å²) in [6, 6.07) is 13.6. The summed E-state index contributed by atoms with van der Waals surface area (Å²) in [5, 5.41) is 7.91. The van der Waals surface area contributed by atoms with Crippen molar-refractivity contribution < 1.29 is 13.2 Å². The standard InChI is InChI=1S/C21H23ClN4O3S/c1-14(2)20-19(13-25-26(20)17-8-6-16(22)7-9-17)21(27)24-12-15-4-10-18(11-5-15)30(28,29)23-3/h4-11,13-14,23H,12H2,1-3H3,(H,24,27). The van der Waals surface area contributed by atoms with Crippen LogP contribution in [0.15, 0.2) is 59.6 Å². The molecule has 3 rings (SSSR count). The van der Waals surface area contributed by atoms with Crippen LogP contribution in [0.25, 0.3) is 5.69 Å². The summed E-state index contributed by atoms with van der Waals surface area (Å²) in [6.45, 7) is 4.27. The smallest absolute Gasteiger partial charge is 0.255 e. The van der Waals surface area contributed by atoms with Crippen LogP contribution in [-0.4, -0.2) is 31.2 Å². The average molecular weight is 447 g/mol. The Kier molecular flexibility index (Phi) is 6.60.